The lowest BCUT2D eigenvalue weighted by Crippen LogP contribution is -2.31. The van der Waals surface area contributed by atoms with Crippen LogP contribution in [0, 0.1) is 0 Å². The molecule has 0 aliphatic carbocycles. The quantitative estimate of drug-likeness (QED) is 0.182. The highest BCUT2D eigenvalue weighted by Gasteiger charge is 2.39. The summed E-state index contributed by atoms with van der Waals surface area (Å²) in [6, 6.07) is 48.8. The van der Waals surface area contributed by atoms with Gasteiger partial charge in [0, 0.05) is 67.9 Å². The lowest BCUT2D eigenvalue weighted by atomic mass is 9.73. The molecule has 270 valence electrons. The van der Waals surface area contributed by atoms with Crippen LogP contribution in [0.25, 0.3) is 27.6 Å². The minimum atomic E-state index is -0.206. The Morgan fingerprint density at radius 1 is 0.527 bits per heavy atom. The average molecular weight is 716 g/mol. The molecule has 0 N–H and O–H groups in total. The first-order valence-corrected chi connectivity index (χ1v) is 19.3. The Hall–Kier alpha value is -6.20. The molecule has 2 aliphatic rings. The monoisotopic (exact) mass is 715 g/mol. The predicted molar refractivity (Wildman–Crippen MR) is 229 cm³/mol. The van der Waals surface area contributed by atoms with Crippen molar-refractivity contribution in [1.29, 1.82) is 0 Å². The number of para-hydroxylation sites is 2. The number of rotatable bonds is 4. The third-order valence-corrected chi connectivity index (χ3v) is 12.2. The van der Waals surface area contributed by atoms with Crippen molar-refractivity contribution in [3.8, 4) is 5.82 Å². The number of benzene rings is 5. The Balaban J connectivity index is 1.21. The maximum absolute atomic E-state index is 5.07. The van der Waals surface area contributed by atoms with Crippen molar-refractivity contribution in [1.82, 2.24) is 14.5 Å². The van der Waals surface area contributed by atoms with Gasteiger partial charge in [-0.1, -0.05) is 115 Å². The molecule has 5 heteroatoms. The number of fused-ring (bicyclic) bond motifs is 7. The van der Waals surface area contributed by atoms with E-state index in [2.05, 4.69) is 196 Å². The van der Waals surface area contributed by atoms with Crippen LogP contribution in [0.15, 0.2) is 146 Å². The molecule has 3 aromatic heterocycles. The molecule has 0 atom stereocenters. The summed E-state index contributed by atoms with van der Waals surface area (Å²) in [5, 5.41) is 2.51. The van der Waals surface area contributed by atoms with Crippen LogP contribution < -0.4 is 9.80 Å². The standard InChI is InChI=1S/C50H45N5/c1-48(2,3)32-28-38-37-25-24-36(31-44(37)55-45(38)42(29-32)50(6,7)41-22-15-27-52-47(41)55)53(33-16-9-8-10-17-33)34-18-13-19-35(30-34)54-43-23-12-11-20-39(43)49(4,5)40-21-14-26-51-46(40)54/h8-31H,1-7H3. The van der Waals surface area contributed by atoms with Crippen molar-refractivity contribution in [3.63, 3.8) is 0 Å². The largest absolute Gasteiger partial charge is 0.310 e. The number of nitrogens with zero attached hydrogens (tertiary/aromatic N) is 5. The topological polar surface area (TPSA) is 37.2 Å². The number of pyridine rings is 2. The van der Waals surface area contributed by atoms with Gasteiger partial charge in [0.05, 0.1) is 16.7 Å². The van der Waals surface area contributed by atoms with E-state index < -0.39 is 0 Å². The smallest absolute Gasteiger partial charge is 0.141 e. The van der Waals surface area contributed by atoms with Gasteiger partial charge in [-0.15, -0.1) is 0 Å². The molecule has 10 rings (SSSR count). The van der Waals surface area contributed by atoms with E-state index in [1.807, 2.05) is 12.4 Å². The first-order valence-electron chi connectivity index (χ1n) is 19.3. The van der Waals surface area contributed by atoms with Gasteiger partial charge >= 0.3 is 0 Å². The van der Waals surface area contributed by atoms with E-state index in [-0.39, 0.29) is 16.2 Å². The van der Waals surface area contributed by atoms with E-state index in [1.165, 1.54) is 44.1 Å². The van der Waals surface area contributed by atoms with Gasteiger partial charge in [-0.2, -0.15) is 0 Å². The highest BCUT2D eigenvalue weighted by molar-refractivity contribution is 6.12. The van der Waals surface area contributed by atoms with E-state index in [4.69, 9.17) is 9.97 Å². The van der Waals surface area contributed by atoms with Gasteiger partial charge in [-0.3, -0.25) is 9.47 Å². The molecule has 8 aromatic rings. The molecule has 5 aromatic carbocycles. The first-order chi connectivity index (χ1) is 26.4. The van der Waals surface area contributed by atoms with E-state index >= 15 is 0 Å². The molecule has 5 heterocycles. The van der Waals surface area contributed by atoms with Crippen LogP contribution in [0.2, 0.25) is 0 Å². The maximum atomic E-state index is 5.07. The van der Waals surface area contributed by atoms with Crippen molar-refractivity contribution in [2.45, 2.75) is 64.7 Å². The van der Waals surface area contributed by atoms with Gasteiger partial charge in [-0.05, 0) is 88.8 Å². The Kier molecular flexibility index (Phi) is 7.07. The fourth-order valence-electron chi connectivity index (χ4n) is 9.19. The van der Waals surface area contributed by atoms with E-state index in [9.17, 15) is 0 Å². The van der Waals surface area contributed by atoms with Crippen molar-refractivity contribution in [2.24, 2.45) is 0 Å². The Morgan fingerprint density at radius 2 is 1.16 bits per heavy atom. The second-order valence-electron chi connectivity index (χ2n) is 17.2. The summed E-state index contributed by atoms with van der Waals surface area (Å²) in [5.41, 5.74) is 13.9. The minimum absolute atomic E-state index is 0.000131. The fourth-order valence-corrected chi connectivity index (χ4v) is 9.19. The number of hydrogen-bond donors (Lipinski definition) is 0. The van der Waals surface area contributed by atoms with Crippen LogP contribution in [-0.4, -0.2) is 14.5 Å². The maximum Gasteiger partial charge on any atom is 0.141 e. The lowest BCUT2D eigenvalue weighted by molar-refractivity contribution is 0.581. The Morgan fingerprint density at radius 3 is 1.93 bits per heavy atom. The lowest BCUT2D eigenvalue weighted by Gasteiger charge is -2.41. The Labute approximate surface area is 323 Å². The van der Waals surface area contributed by atoms with Crippen LogP contribution in [-0.2, 0) is 16.2 Å². The molecule has 0 bridgehead atoms. The molecule has 0 saturated heterocycles. The summed E-state index contributed by atoms with van der Waals surface area (Å²) in [5.74, 6) is 1.97. The summed E-state index contributed by atoms with van der Waals surface area (Å²) in [4.78, 5) is 14.8. The molecule has 0 fully saturated rings. The van der Waals surface area contributed by atoms with Gasteiger partial charge in [0.15, 0.2) is 0 Å². The van der Waals surface area contributed by atoms with E-state index in [0.29, 0.717) is 0 Å². The molecule has 55 heavy (non-hydrogen) atoms. The van der Waals surface area contributed by atoms with E-state index in [0.717, 1.165) is 45.6 Å². The van der Waals surface area contributed by atoms with Crippen LogP contribution in [0.3, 0.4) is 0 Å². The van der Waals surface area contributed by atoms with Crippen LogP contribution in [0.4, 0.5) is 34.3 Å². The molecule has 0 radical (unpaired) electrons. The van der Waals surface area contributed by atoms with Crippen LogP contribution in [0.1, 0.15) is 76.3 Å². The van der Waals surface area contributed by atoms with E-state index in [1.54, 1.807) is 0 Å². The van der Waals surface area contributed by atoms with Crippen molar-refractivity contribution < 1.29 is 0 Å². The second kappa shape index (κ2) is 11.6. The normalized spacial score (nSPS) is 15.1. The molecule has 0 spiro atoms. The van der Waals surface area contributed by atoms with Crippen molar-refractivity contribution >= 4 is 56.1 Å². The van der Waals surface area contributed by atoms with Crippen molar-refractivity contribution in [2.75, 3.05) is 9.80 Å². The third kappa shape index (κ3) is 4.85. The highest BCUT2D eigenvalue weighted by Crippen LogP contribution is 2.52. The van der Waals surface area contributed by atoms with Crippen LogP contribution >= 0.6 is 0 Å². The third-order valence-electron chi connectivity index (χ3n) is 12.2. The molecule has 0 unspecified atom stereocenters. The number of hydrogen-bond acceptors (Lipinski definition) is 4. The predicted octanol–water partition coefficient (Wildman–Crippen LogP) is 13.1. The zero-order valence-corrected chi connectivity index (χ0v) is 32.6. The first kappa shape index (κ1) is 33.4. The van der Waals surface area contributed by atoms with Gasteiger partial charge in [0.2, 0.25) is 0 Å². The molecule has 0 saturated carbocycles. The number of anilines is 6. The fraction of sp³-hybridized carbons (Fsp3) is 0.200. The van der Waals surface area contributed by atoms with Gasteiger partial charge in [0.1, 0.15) is 11.6 Å². The van der Waals surface area contributed by atoms with Gasteiger partial charge in [0.25, 0.3) is 0 Å². The van der Waals surface area contributed by atoms with Gasteiger partial charge < -0.3 is 4.90 Å². The SMILES string of the molecule is CC(C)(C)c1cc2c3c(c1)c1ccc(N(c4ccccc4)c4cccc(N5c6ccccc6C(C)(C)c6cccnc65)c4)cc1n3-c1ncccc1C2(C)C. The highest BCUT2D eigenvalue weighted by atomic mass is 15.2. The van der Waals surface area contributed by atoms with Crippen molar-refractivity contribution in [3.05, 3.63) is 174 Å². The molecular weight excluding hydrogens is 671 g/mol. The summed E-state index contributed by atoms with van der Waals surface area (Å²) >= 11 is 0. The zero-order valence-electron chi connectivity index (χ0n) is 32.6. The average Bonchev–Trinajstić information content (AvgIpc) is 3.51. The molecular formula is C50H45N5. The second-order valence-corrected chi connectivity index (χ2v) is 17.2. The molecule has 2 aliphatic heterocycles. The van der Waals surface area contributed by atoms with Crippen LogP contribution in [0.5, 0.6) is 0 Å². The summed E-state index contributed by atoms with van der Waals surface area (Å²) in [6.07, 6.45) is 3.84. The zero-order chi connectivity index (χ0) is 37.9. The number of aromatic nitrogens is 3. The summed E-state index contributed by atoms with van der Waals surface area (Å²) in [6.45, 7) is 16.2. The Bertz CT molecular complexity index is 2770. The van der Waals surface area contributed by atoms with Gasteiger partial charge in [-0.25, -0.2) is 9.97 Å². The summed E-state index contributed by atoms with van der Waals surface area (Å²) in [7, 11) is 0. The minimum Gasteiger partial charge on any atom is -0.310 e. The summed E-state index contributed by atoms with van der Waals surface area (Å²) < 4.78 is 2.42. The molecule has 5 nitrogen and oxygen atoms in total. The molecule has 0 amide bonds.